The van der Waals surface area contributed by atoms with Crippen molar-refractivity contribution in [2.24, 2.45) is 0 Å². The minimum atomic E-state index is 0.235. The molecule has 1 atom stereocenters. The molecule has 1 aromatic carbocycles. The van der Waals surface area contributed by atoms with Crippen LogP contribution in [-0.4, -0.2) is 34.5 Å². The first-order valence-electron chi connectivity index (χ1n) is 9.54. The summed E-state index contributed by atoms with van der Waals surface area (Å²) in [5.41, 5.74) is 4.40. The maximum Gasteiger partial charge on any atom is 0.162 e. The zero-order chi connectivity index (χ0) is 17.4. The molecule has 2 N–H and O–H groups in total. The largest absolute Gasteiger partial charge is 0.339 e. The molecule has 3 heterocycles. The number of hydrogen-bond donors (Lipinski definition) is 1. The zero-order valence-corrected chi connectivity index (χ0v) is 15.0. The second-order valence-electron chi connectivity index (χ2n) is 7.43. The molecule has 132 valence electrons. The standard InChI is InChI=1S/C21H27N3O/c1-2-3-6-21(25)16-7-8-20-18(13-16)19(14-24(20)22)15-9-11-23-10-4-5-17(23)12-15/h7-9,13-14,17H,2-6,10-12,22H2,1H3. The van der Waals surface area contributed by atoms with E-state index in [4.69, 9.17) is 5.84 Å². The summed E-state index contributed by atoms with van der Waals surface area (Å²) in [6.45, 7) is 4.38. The van der Waals surface area contributed by atoms with E-state index in [1.165, 1.54) is 30.5 Å². The second kappa shape index (κ2) is 6.68. The number of nitrogen functional groups attached to an aromatic ring is 1. The van der Waals surface area contributed by atoms with Crippen molar-refractivity contribution >= 4 is 22.3 Å². The zero-order valence-electron chi connectivity index (χ0n) is 15.0. The van der Waals surface area contributed by atoms with Crippen LogP contribution in [0, 0.1) is 0 Å². The summed E-state index contributed by atoms with van der Waals surface area (Å²) in [5, 5.41) is 1.11. The summed E-state index contributed by atoms with van der Waals surface area (Å²) in [7, 11) is 0. The van der Waals surface area contributed by atoms with Gasteiger partial charge in [0.2, 0.25) is 0 Å². The molecule has 4 heteroatoms. The van der Waals surface area contributed by atoms with Crippen molar-refractivity contribution in [1.82, 2.24) is 9.58 Å². The van der Waals surface area contributed by atoms with Crippen molar-refractivity contribution in [3.05, 3.63) is 41.6 Å². The Kier molecular flexibility index (Phi) is 4.38. The number of carbonyl (C=O) groups excluding carboxylic acids is 1. The van der Waals surface area contributed by atoms with Crippen LogP contribution in [0.25, 0.3) is 16.5 Å². The summed E-state index contributed by atoms with van der Waals surface area (Å²) in [6, 6.07) is 6.63. The van der Waals surface area contributed by atoms with Gasteiger partial charge in [-0.05, 0) is 56.0 Å². The Morgan fingerprint density at radius 1 is 1.36 bits per heavy atom. The maximum absolute atomic E-state index is 12.4. The Labute approximate surface area is 149 Å². The van der Waals surface area contributed by atoms with Crippen molar-refractivity contribution in [2.75, 3.05) is 18.9 Å². The predicted molar refractivity (Wildman–Crippen MR) is 103 cm³/mol. The number of fused-ring (bicyclic) bond motifs is 2. The first-order chi connectivity index (χ1) is 12.2. The second-order valence-corrected chi connectivity index (χ2v) is 7.43. The van der Waals surface area contributed by atoms with Gasteiger partial charge in [0.05, 0.1) is 5.52 Å². The fraction of sp³-hybridized carbons (Fsp3) is 0.476. The topological polar surface area (TPSA) is 51.3 Å². The molecule has 1 aromatic heterocycles. The lowest BCUT2D eigenvalue weighted by Crippen LogP contribution is -2.32. The van der Waals surface area contributed by atoms with Crippen LogP contribution in [-0.2, 0) is 0 Å². The highest BCUT2D eigenvalue weighted by Crippen LogP contribution is 2.36. The van der Waals surface area contributed by atoms with Gasteiger partial charge in [0.1, 0.15) is 0 Å². The lowest BCUT2D eigenvalue weighted by Gasteiger charge is -2.29. The molecule has 0 spiro atoms. The van der Waals surface area contributed by atoms with Gasteiger partial charge in [0, 0.05) is 41.7 Å². The van der Waals surface area contributed by atoms with E-state index in [1.54, 1.807) is 4.68 Å². The normalized spacial score (nSPS) is 20.7. The lowest BCUT2D eigenvalue weighted by molar-refractivity contribution is 0.0980. The highest BCUT2D eigenvalue weighted by atomic mass is 16.1. The molecule has 1 saturated heterocycles. The van der Waals surface area contributed by atoms with E-state index in [0.29, 0.717) is 12.5 Å². The van der Waals surface area contributed by atoms with Gasteiger partial charge in [-0.3, -0.25) is 14.4 Å². The van der Waals surface area contributed by atoms with E-state index in [2.05, 4.69) is 17.9 Å². The Morgan fingerprint density at radius 2 is 2.24 bits per heavy atom. The van der Waals surface area contributed by atoms with Gasteiger partial charge in [-0.1, -0.05) is 19.4 Å². The van der Waals surface area contributed by atoms with Crippen molar-refractivity contribution in [3.8, 4) is 0 Å². The van der Waals surface area contributed by atoms with Crippen molar-refractivity contribution in [1.29, 1.82) is 0 Å². The van der Waals surface area contributed by atoms with Crippen molar-refractivity contribution in [3.63, 3.8) is 0 Å². The van der Waals surface area contributed by atoms with E-state index in [-0.39, 0.29) is 5.78 Å². The summed E-state index contributed by atoms with van der Waals surface area (Å²) < 4.78 is 1.70. The van der Waals surface area contributed by atoms with Crippen molar-refractivity contribution in [2.45, 2.75) is 51.5 Å². The van der Waals surface area contributed by atoms with Gasteiger partial charge in [0.25, 0.3) is 0 Å². The van der Waals surface area contributed by atoms with Gasteiger partial charge in [-0.25, -0.2) is 0 Å². The Hall–Kier alpha value is -2.07. The highest BCUT2D eigenvalue weighted by Gasteiger charge is 2.29. The third-order valence-corrected chi connectivity index (χ3v) is 5.79. The number of unbranched alkanes of at least 4 members (excludes halogenated alkanes) is 1. The van der Waals surface area contributed by atoms with Gasteiger partial charge in [0.15, 0.2) is 5.78 Å². The summed E-state index contributed by atoms with van der Waals surface area (Å²) >= 11 is 0. The minimum Gasteiger partial charge on any atom is -0.339 e. The smallest absolute Gasteiger partial charge is 0.162 e. The molecule has 0 bridgehead atoms. The molecular weight excluding hydrogens is 310 g/mol. The quantitative estimate of drug-likeness (QED) is 0.663. The van der Waals surface area contributed by atoms with Crippen LogP contribution in [0.4, 0.5) is 0 Å². The molecule has 25 heavy (non-hydrogen) atoms. The number of nitrogens with zero attached hydrogens (tertiary/aromatic N) is 2. The minimum absolute atomic E-state index is 0.235. The lowest BCUT2D eigenvalue weighted by atomic mass is 9.93. The molecule has 0 radical (unpaired) electrons. The molecule has 4 rings (SSSR count). The molecule has 2 aliphatic rings. The maximum atomic E-state index is 12.4. The molecule has 2 aliphatic heterocycles. The number of rotatable bonds is 5. The van der Waals surface area contributed by atoms with Gasteiger partial charge in [-0.15, -0.1) is 0 Å². The monoisotopic (exact) mass is 337 g/mol. The first-order valence-corrected chi connectivity index (χ1v) is 9.54. The number of Topliss-reactive ketones (excluding diaryl/α,β-unsaturated/α-hetero) is 1. The molecule has 1 fully saturated rings. The van der Waals surface area contributed by atoms with E-state index in [1.807, 2.05) is 24.4 Å². The predicted octanol–water partition coefficient (Wildman–Crippen LogP) is 3.98. The molecular formula is C21H27N3O. The first kappa shape index (κ1) is 16.4. The Bertz CT molecular complexity index is 833. The molecule has 2 aromatic rings. The third-order valence-electron chi connectivity index (χ3n) is 5.79. The van der Waals surface area contributed by atoms with Crippen molar-refractivity contribution < 1.29 is 4.79 Å². The average Bonchev–Trinajstić information content (AvgIpc) is 3.23. The molecule has 4 nitrogen and oxygen atoms in total. The van der Waals surface area contributed by atoms with Gasteiger partial charge < -0.3 is 5.84 Å². The van der Waals surface area contributed by atoms with E-state index >= 15 is 0 Å². The fourth-order valence-corrected chi connectivity index (χ4v) is 4.32. The molecule has 1 unspecified atom stereocenters. The summed E-state index contributed by atoms with van der Waals surface area (Å²) in [5.74, 6) is 6.43. The van der Waals surface area contributed by atoms with Crippen LogP contribution >= 0.6 is 0 Å². The summed E-state index contributed by atoms with van der Waals surface area (Å²) in [4.78, 5) is 15.0. The Morgan fingerprint density at radius 3 is 3.08 bits per heavy atom. The number of aromatic nitrogens is 1. The number of benzene rings is 1. The Balaban J connectivity index is 1.70. The van der Waals surface area contributed by atoms with Crippen LogP contribution in [0.3, 0.4) is 0 Å². The van der Waals surface area contributed by atoms with Crippen LogP contribution in [0.15, 0.2) is 30.5 Å². The number of nitrogens with two attached hydrogens (primary N) is 1. The van der Waals surface area contributed by atoms with Crippen LogP contribution < -0.4 is 5.84 Å². The SMILES string of the molecule is CCCCC(=O)c1ccc2c(c1)c(C1=CCN3CCCC3C1)cn2N. The average molecular weight is 337 g/mol. The van der Waals surface area contributed by atoms with Crippen LogP contribution in [0.1, 0.15) is 61.4 Å². The van der Waals surface area contributed by atoms with Crippen LogP contribution in [0.2, 0.25) is 0 Å². The molecule has 0 saturated carbocycles. The van der Waals surface area contributed by atoms with E-state index in [0.717, 1.165) is 42.3 Å². The number of hydrogen-bond acceptors (Lipinski definition) is 3. The summed E-state index contributed by atoms with van der Waals surface area (Å²) in [6.07, 6.45) is 10.7. The fourth-order valence-electron chi connectivity index (χ4n) is 4.32. The van der Waals surface area contributed by atoms with Gasteiger partial charge >= 0.3 is 0 Å². The molecule has 0 aliphatic carbocycles. The number of carbonyl (C=O) groups is 1. The van der Waals surface area contributed by atoms with E-state index in [9.17, 15) is 4.79 Å². The molecule has 0 amide bonds. The van der Waals surface area contributed by atoms with E-state index < -0.39 is 0 Å². The highest BCUT2D eigenvalue weighted by molar-refractivity contribution is 6.02. The van der Waals surface area contributed by atoms with Gasteiger partial charge in [-0.2, -0.15) is 0 Å². The third kappa shape index (κ3) is 2.99. The van der Waals surface area contributed by atoms with Crippen LogP contribution in [0.5, 0.6) is 0 Å². The number of ketones is 1.